The summed E-state index contributed by atoms with van der Waals surface area (Å²) in [4.78, 5) is 27.1. The Morgan fingerprint density at radius 1 is 1.17 bits per heavy atom. The standard InChI is InChI=1S/C19H20N6O3S/c26-25(27)17-18(21-7-8-24-9-11-28-12-10-24)22-13-23-19(17)29-15-5-1-3-14-4-2-6-20-16(14)15/h1-6,13H,7-12H2,(H,21,22,23). The maximum absolute atomic E-state index is 11.8. The maximum atomic E-state index is 11.8. The Morgan fingerprint density at radius 2 is 2.00 bits per heavy atom. The van der Waals surface area contributed by atoms with E-state index >= 15 is 0 Å². The molecular formula is C19H20N6O3S. The molecule has 10 heteroatoms. The van der Waals surface area contributed by atoms with Crippen LogP contribution < -0.4 is 5.32 Å². The molecule has 1 aromatic carbocycles. The van der Waals surface area contributed by atoms with Gasteiger partial charge >= 0.3 is 5.69 Å². The first-order valence-electron chi connectivity index (χ1n) is 9.27. The lowest BCUT2D eigenvalue weighted by atomic mass is 10.2. The fraction of sp³-hybridized carbons (Fsp3) is 0.316. The van der Waals surface area contributed by atoms with Crippen LogP contribution in [-0.4, -0.2) is 64.2 Å². The van der Waals surface area contributed by atoms with Gasteiger partial charge < -0.3 is 10.1 Å². The van der Waals surface area contributed by atoms with Gasteiger partial charge in [-0.3, -0.25) is 20.0 Å². The molecule has 150 valence electrons. The van der Waals surface area contributed by atoms with Gasteiger partial charge in [0.1, 0.15) is 6.33 Å². The maximum Gasteiger partial charge on any atom is 0.343 e. The van der Waals surface area contributed by atoms with Crippen LogP contribution in [0.25, 0.3) is 10.9 Å². The Kier molecular flexibility index (Phi) is 6.13. The number of benzene rings is 1. The summed E-state index contributed by atoms with van der Waals surface area (Å²) in [5.41, 5.74) is 0.669. The summed E-state index contributed by atoms with van der Waals surface area (Å²) in [5.74, 6) is 0.231. The number of hydrogen-bond donors (Lipinski definition) is 1. The molecule has 1 aliphatic rings. The summed E-state index contributed by atoms with van der Waals surface area (Å²) in [6.45, 7) is 4.48. The highest BCUT2D eigenvalue weighted by molar-refractivity contribution is 7.99. The number of nitrogens with zero attached hydrogens (tertiary/aromatic N) is 5. The molecule has 2 aromatic heterocycles. The summed E-state index contributed by atoms with van der Waals surface area (Å²) in [6, 6.07) is 9.57. The number of ether oxygens (including phenoxy) is 1. The summed E-state index contributed by atoms with van der Waals surface area (Å²) in [7, 11) is 0. The van der Waals surface area contributed by atoms with Gasteiger partial charge in [-0.05, 0) is 12.1 Å². The van der Waals surface area contributed by atoms with Gasteiger partial charge in [0.2, 0.25) is 5.82 Å². The van der Waals surface area contributed by atoms with Gasteiger partial charge in [-0.1, -0.05) is 30.0 Å². The number of hydrogen-bond acceptors (Lipinski definition) is 9. The van der Waals surface area contributed by atoms with Crippen molar-refractivity contribution in [2.24, 2.45) is 0 Å². The topological polar surface area (TPSA) is 106 Å². The van der Waals surface area contributed by atoms with Crippen molar-refractivity contribution >= 4 is 34.2 Å². The summed E-state index contributed by atoms with van der Waals surface area (Å²) < 4.78 is 5.34. The Balaban J connectivity index is 1.55. The fourth-order valence-corrected chi connectivity index (χ4v) is 4.14. The number of anilines is 1. The van der Waals surface area contributed by atoms with E-state index in [4.69, 9.17) is 4.74 Å². The number of nitrogens with one attached hydrogen (secondary N) is 1. The first-order chi connectivity index (χ1) is 14.2. The third kappa shape index (κ3) is 4.61. The molecule has 9 nitrogen and oxygen atoms in total. The molecule has 3 aromatic rings. The Hall–Kier alpha value is -2.82. The third-order valence-corrected chi connectivity index (χ3v) is 5.64. The van der Waals surface area contributed by atoms with Crippen molar-refractivity contribution in [2.75, 3.05) is 44.7 Å². The first-order valence-corrected chi connectivity index (χ1v) is 10.1. The van der Waals surface area contributed by atoms with Gasteiger partial charge in [-0.25, -0.2) is 9.97 Å². The van der Waals surface area contributed by atoms with Crippen molar-refractivity contribution in [3.8, 4) is 0 Å². The quantitative estimate of drug-likeness (QED) is 0.356. The minimum absolute atomic E-state index is 0.118. The van der Waals surface area contributed by atoms with E-state index in [9.17, 15) is 10.1 Å². The van der Waals surface area contributed by atoms with Crippen molar-refractivity contribution in [3.05, 3.63) is 53.0 Å². The van der Waals surface area contributed by atoms with Crippen LogP contribution in [0.5, 0.6) is 0 Å². The van der Waals surface area contributed by atoms with E-state index in [1.54, 1.807) is 6.20 Å². The number of rotatable bonds is 7. The SMILES string of the molecule is O=[N+]([O-])c1c(NCCN2CCOCC2)ncnc1Sc1cccc2cccnc12. The zero-order valence-corrected chi connectivity index (χ0v) is 16.5. The highest BCUT2D eigenvalue weighted by Gasteiger charge is 2.24. The molecule has 0 atom stereocenters. The summed E-state index contributed by atoms with van der Waals surface area (Å²) in [6.07, 6.45) is 3.06. The van der Waals surface area contributed by atoms with E-state index in [1.165, 1.54) is 18.1 Å². The molecular weight excluding hydrogens is 392 g/mol. The lowest BCUT2D eigenvalue weighted by Crippen LogP contribution is -2.39. The molecule has 0 saturated carbocycles. The number of para-hydroxylation sites is 1. The van der Waals surface area contributed by atoms with Crippen LogP contribution >= 0.6 is 11.8 Å². The smallest absolute Gasteiger partial charge is 0.343 e. The van der Waals surface area contributed by atoms with Crippen LogP contribution in [0.1, 0.15) is 0 Å². The van der Waals surface area contributed by atoms with E-state index in [2.05, 4.69) is 25.2 Å². The van der Waals surface area contributed by atoms with E-state index in [0.717, 1.165) is 35.4 Å². The first kappa shape index (κ1) is 19.5. The summed E-state index contributed by atoms with van der Waals surface area (Å²) in [5, 5.41) is 16.2. The minimum Gasteiger partial charge on any atom is -0.379 e. The number of pyridine rings is 1. The molecule has 1 aliphatic heterocycles. The second-order valence-electron chi connectivity index (χ2n) is 6.45. The fourth-order valence-electron chi connectivity index (χ4n) is 3.15. The second-order valence-corrected chi connectivity index (χ2v) is 7.48. The Bertz CT molecular complexity index is 1010. The molecule has 0 unspecified atom stereocenters. The van der Waals surface area contributed by atoms with Crippen molar-refractivity contribution < 1.29 is 9.66 Å². The van der Waals surface area contributed by atoms with Gasteiger partial charge in [-0.15, -0.1) is 0 Å². The Labute approximate surface area is 171 Å². The van der Waals surface area contributed by atoms with Crippen molar-refractivity contribution in [3.63, 3.8) is 0 Å². The van der Waals surface area contributed by atoms with Crippen LogP contribution in [0.3, 0.4) is 0 Å². The van der Waals surface area contributed by atoms with E-state index in [1.807, 2.05) is 30.3 Å². The van der Waals surface area contributed by atoms with Gasteiger partial charge in [0.15, 0.2) is 5.03 Å². The van der Waals surface area contributed by atoms with Gasteiger partial charge in [0.25, 0.3) is 0 Å². The lowest BCUT2D eigenvalue weighted by molar-refractivity contribution is -0.387. The summed E-state index contributed by atoms with van der Waals surface area (Å²) >= 11 is 1.23. The molecule has 0 amide bonds. The van der Waals surface area contributed by atoms with Crippen molar-refractivity contribution in [2.45, 2.75) is 9.92 Å². The molecule has 3 heterocycles. The molecule has 0 spiro atoms. The average molecular weight is 412 g/mol. The predicted molar refractivity (Wildman–Crippen MR) is 110 cm³/mol. The number of aromatic nitrogens is 3. The van der Waals surface area contributed by atoms with Crippen LogP contribution in [0, 0.1) is 10.1 Å². The normalized spacial score (nSPS) is 14.8. The van der Waals surface area contributed by atoms with Crippen LogP contribution in [0.2, 0.25) is 0 Å². The average Bonchev–Trinajstić information content (AvgIpc) is 2.75. The van der Waals surface area contributed by atoms with Gasteiger partial charge in [0.05, 0.1) is 23.7 Å². The highest BCUT2D eigenvalue weighted by Crippen LogP contribution is 2.38. The molecule has 0 aliphatic carbocycles. The van der Waals surface area contributed by atoms with Crippen LogP contribution in [0.4, 0.5) is 11.5 Å². The lowest BCUT2D eigenvalue weighted by Gasteiger charge is -2.26. The largest absolute Gasteiger partial charge is 0.379 e. The molecule has 0 radical (unpaired) electrons. The van der Waals surface area contributed by atoms with Crippen LogP contribution in [-0.2, 0) is 4.74 Å². The molecule has 1 saturated heterocycles. The molecule has 1 N–H and O–H groups in total. The van der Waals surface area contributed by atoms with Crippen LogP contribution in [0.15, 0.2) is 52.8 Å². The predicted octanol–water partition coefficient (Wildman–Crippen LogP) is 2.83. The minimum atomic E-state index is -0.433. The van der Waals surface area contributed by atoms with Crippen molar-refractivity contribution in [1.82, 2.24) is 19.9 Å². The van der Waals surface area contributed by atoms with E-state index in [0.29, 0.717) is 19.8 Å². The Morgan fingerprint density at radius 3 is 2.83 bits per heavy atom. The van der Waals surface area contributed by atoms with Crippen molar-refractivity contribution in [1.29, 1.82) is 0 Å². The zero-order valence-electron chi connectivity index (χ0n) is 15.7. The number of morpholine rings is 1. The molecule has 1 fully saturated rings. The second kappa shape index (κ2) is 9.12. The monoisotopic (exact) mass is 412 g/mol. The van der Waals surface area contributed by atoms with E-state index < -0.39 is 4.92 Å². The van der Waals surface area contributed by atoms with Gasteiger partial charge in [-0.2, -0.15) is 0 Å². The molecule has 29 heavy (non-hydrogen) atoms. The number of fused-ring (bicyclic) bond motifs is 1. The zero-order chi connectivity index (χ0) is 20.1. The molecule has 0 bridgehead atoms. The van der Waals surface area contributed by atoms with E-state index in [-0.39, 0.29) is 16.5 Å². The van der Waals surface area contributed by atoms with Gasteiger partial charge in [0, 0.05) is 42.7 Å². The molecule has 4 rings (SSSR count). The third-order valence-electron chi connectivity index (χ3n) is 4.60. The highest BCUT2D eigenvalue weighted by atomic mass is 32.2. The number of nitro groups is 1.